The van der Waals surface area contributed by atoms with Crippen molar-refractivity contribution in [2.45, 2.75) is 49.6 Å². The molecule has 1 unspecified atom stereocenters. The Morgan fingerprint density at radius 3 is 2.29 bits per heavy atom. The first kappa shape index (κ1) is 17.4. The molecule has 1 N–H and O–H groups in total. The van der Waals surface area contributed by atoms with Crippen LogP contribution in [0.4, 0.5) is 0 Å². The Hall–Kier alpha value is 0.0300. The maximum Gasteiger partial charge on any atom is 0.125 e. The van der Waals surface area contributed by atoms with Gasteiger partial charge in [-0.15, -0.1) is 23.5 Å². The van der Waals surface area contributed by atoms with Gasteiger partial charge in [0.1, 0.15) is 11.0 Å². The third kappa shape index (κ3) is 5.02. The van der Waals surface area contributed by atoms with E-state index in [4.69, 9.17) is 0 Å². The van der Waals surface area contributed by atoms with E-state index in [1.54, 1.807) is 0 Å². The molecule has 0 amide bonds. The molecule has 1 aliphatic rings. The minimum Gasteiger partial charge on any atom is -0.237 e. The van der Waals surface area contributed by atoms with E-state index in [0.717, 1.165) is 4.90 Å². The van der Waals surface area contributed by atoms with Crippen molar-refractivity contribution in [1.29, 1.82) is 0 Å². The molecule has 0 aliphatic carbocycles. The van der Waals surface area contributed by atoms with Gasteiger partial charge in [0.25, 0.3) is 0 Å². The molecule has 0 spiro atoms. The molecule has 1 saturated heterocycles. The standard InChI is InChI=1S/C16H25NOS3/c1-12-6-8-13(9-7-12)21(18)17-14(16(2,3)4)15-19-10-5-11-20-15/h6-9,14-15,17H,5,10-11H2,1-4H3/t14-,21?/m1/s1. The van der Waals surface area contributed by atoms with Crippen LogP contribution in [0.2, 0.25) is 0 Å². The van der Waals surface area contributed by atoms with Crippen LogP contribution < -0.4 is 4.72 Å². The molecule has 0 radical (unpaired) electrons. The van der Waals surface area contributed by atoms with E-state index in [1.807, 2.05) is 54.7 Å². The predicted molar refractivity (Wildman–Crippen MR) is 97.3 cm³/mol. The second-order valence-corrected chi connectivity index (χ2v) is 10.5. The number of thioether (sulfide) groups is 2. The molecule has 0 saturated carbocycles. The maximum atomic E-state index is 12.6. The first-order valence-corrected chi connectivity index (χ1v) is 10.6. The van der Waals surface area contributed by atoms with Crippen LogP contribution in [0.3, 0.4) is 0 Å². The Labute approximate surface area is 139 Å². The monoisotopic (exact) mass is 343 g/mol. The molecule has 1 aromatic rings. The van der Waals surface area contributed by atoms with Gasteiger partial charge < -0.3 is 0 Å². The lowest BCUT2D eigenvalue weighted by atomic mass is 9.88. The molecule has 21 heavy (non-hydrogen) atoms. The van der Waals surface area contributed by atoms with E-state index in [1.165, 1.54) is 23.5 Å². The van der Waals surface area contributed by atoms with Gasteiger partial charge >= 0.3 is 0 Å². The van der Waals surface area contributed by atoms with Crippen molar-refractivity contribution in [3.05, 3.63) is 29.8 Å². The molecular weight excluding hydrogens is 318 g/mol. The van der Waals surface area contributed by atoms with Gasteiger partial charge in [-0.1, -0.05) is 38.5 Å². The molecule has 2 nitrogen and oxygen atoms in total. The largest absolute Gasteiger partial charge is 0.237 e. The molecular formula is C16H25NOS3. The first-order valence-electron chi connectivity index (χ1n) is 7.36. The second-order valence-electron chi connectivity index (χ2n) is 6.51. The predicted octanol–water partition coefficient (Wildman–Crippen LogP) is 4.22. The summed E-state index contributed by atoms with van der Waals surface area (Å²) in [5.41, 5.74) is 1.28. The third-order valence-electron chi connectivity index (χ3n) is 3.53. The number of hydrogen-bond donors (Lipinski definition) is 1. The van der Waals surface area contributed by atoms with Gasteiger partial charge in [0.2, 0.25) is 0 Å². The first-order chi connectivity index (χ1) is 9.88. The SMILES string of the molecule is Cc1ccc(S(=O)N[C@H](C2SCCCS2)C(C)(C)C)cc1. The fourth-order valence-corrected chi connectivity index (χ4v) is 7.17. The van der Waals surface area contributed by atoms with Gasteiger partial charge in [-0.25, -0.2) is 8.93 Å². The summed E-state index contributed by atoms with van der Waals surface area (Å²) in [5.74, 6) is 2.42. The molecule has 1 aliphatic heterocycles. The number of hydrogen-bond acceptors (Lipinski definition) is 3. The summed E-state index contributed by atoms with van der Waals surface area (Å²) in [6.45, 7) is 8.74. The van der Waals surface area contributed by atoms with Gasteiger partial charge in [0.05, 0.1) is 9.48 Å². The number of nitrogens with one attached hydrogen (secondary N) is 1. The summed E-state index contributed by atoms with van der Waals surface area (Å²) in [7, 11) is -1.15. The molecule has 118 valence electrons. The van der Waals surface area contributed by atoms with Crippen LogP contribution in [0.15, 0.2) is 29.2 Å². The number of rotatable bonds is 4. The average molecular weight is 344 g/mol. The molecule has 5 heteroatoms. The van der Waals surface area contributed by atoms with E-state index in [-0.39, 0.29) is 11.5 Å². The lowest BCUT2D eigenvalue weighted by Gasteiger charge is -2.38. The van der Waals surface area contributed by atoms with E-state index < -0.39 is 11.0 Å². The summed E-state index contributed by atoms with van der Waals surface area (Å²) in [6.07, 6.45) is 1.28. The van der Waals surface area contributed by atoms with Crippen LogP contribution in [-0.2, 0) is 11.0 Å². The third-order valence-corrected chi connectivity index (χ3v) is 7.76. The highest BCUT2D eigenvalue weighted by atomic mass is 32.2. The van der Waals surface area contributed by atoms with Gasteiger partial charge in [0.15, 0.2) is 0 Å². The Bertz CT molecular complexity index is 475. The lowest BCUT2D eigenvalue weighted by Crippen LogP contribution is -2.47. The molecule has 0 aromatic heterocycles. The maximum absolute atomic E-state index is 12.6. The minimum absolute atomic E-state index is 0.0857. The zero-order chi connectivity index (χ0) is 15.5. The fraction of sp³-hybridized carbons (Fsp3) is 0.625. The van der Waals surface area contributed by atoms with Crippen LogP contribution in [0.5, 0.6) is 0 Å². The molecule has 1 fully saturated rings. The summed E-state index contributed by atoms with van der Waals surface area (Å²) >= 11 is 4.01. The topological polar surface area (TPSA) is 29.1 Å². The van der Waals surface area contributed by atoms with Crippen LogP contribution >= 0.6 is 23.5 Å². The normalized spacial score (nSPS) is 20.2. The van der Waals surface area contributed by atoms with Crippen LogP contribution in [-0.4, -0.2) is 26.3 Å². The smallest absolute Gasteiger partial charge is 0.125 e. The van der Waals surface area contributed by atoms with Gasteiger partial charge in [0, 0.05) is 6.04 Å². The van der Waals surface area contributed by atoms with Crippen molar-refractivity contribution >= 4 is 34.5 Å². The molecule has 2 rings (SSSR count). The Morgan fingerprint density at radius 2 is 1.76 bits per heavy atom. The van der Waals surface area contributed by atoms with E-state index in [9.17, 15) is 4.21 Å². The van der Waals surface area contributed by atoms with E-state index >= 15 is 0 Å². The van der Waals surface area contributed by atoms with Crippen molar-refractivity contribution in [2.75, 3.05) is 11.5 Å². The number of aryl methyl sites for hydroxylation is 1. The second kappa shape index (κ2) is 7.53. The zero-order valence-electron chi connectivity index (χ0n) is 13.2. The van der Waals surface area contributed by atoms with Gasteiger partial charge in [-0.05, 0) is 42.4 Å². The highest BCUT2D eigenvalue weighted by molar-refractivity contribution is 8.17. The summed E-state index contributed by atoms with van der Waals surface area (Å²) in [4.78, 5) is 0.862. The molecule has 1 heterocycles. The Kier molecular flexibility index (Phi) is 6.24. The van der Waals surface area contributed by atoms with Crippen LogP contribution in [0, 0.1) is 12.3 Å². The highest BCUT2D eigenvalue weighted by Crippen LogP contribution is 2.39. The molecule has 2 atom stereocenters. The Morgan fingerprint density at radius 1 is 1.19 bits per heavy atom. The van der Waals surface area contributed by atoms with Crippen molar-refractivity contribution < 1.29 is 4.21 Å². The Balaban J connectivity index is 2.10. The van der Waals surface area contributed by atoms with Crippen molar-refractivity contribution in [2.24, 2.45) is 5.41 Å². The fourth-order valence-electron chi connectivity index (χ4n) is 2.18. The van der Waals surface area contributed by atoms with Crippen molar-refractivity contribution in [3.63, 3.8) is 0 Å². The highest BCUT2D eigenvalue weighted by Gasteiger charge is 2.35. The quantitative estimate of drug-likeness (QED) is 0.887. The van der Waals surface area contributed by atoms with E-state index in [0.29, 0.717) is 4.58 Å². The van der Waals surface area contributed by atoms with Gasteiger partial charge in [-0.3, -0.25) is 0 Å². The van der Waals surface area contributed by atoms with Gasteiger partial charge in [-0.2, -0.15) is 0 Å². The summed E-state index contributed by atoms with van der Waals surface area (Å²) in [6, 6.07) is 8.18. The number of benzene rings is 1. The van der Waals surface area contributed by atoms with Crippen molar-refractivity contribution in [3.8, 4) is 0 Å². The summed E-state index contributed by atoms with van der Waals surface area (Å²) < 4.78 is 16.5. The average Bonchev–Trinajstić information content (AvgIpc) is 2.45. The zero-order valence-corrected chi connectivity index (χ0v) is 15.7. The van der Waals surface area contributed by atoms with Crippen LogP contribution in [0.1, 0.15) is 32.8 Å². The summed E-state index contributed by atoms with van der Waals surface area (Å²) in [5, 5.41) is 0. The molecule has 0 bridgehead atoms. The minimum atomic E-state index is -1.15. The lowest BCUT2D eigenvalue weighted by molar-refractivity contribution is 0.318. The van der Waals surface area contributed by atoms with E-state index in [2.05, 4.69) is 25.5 Å². The van der Waals surface area contributed by atoms with Crippen molar-refractivity contribution in [1.82, 2.24) is 4.72 Å². The van der Waals surface area contributed by atoms with Crippen LogP contribution in [0.25, 0.3) is 0 Å². The molecule has 1 aromatic carbocycles.